The third kappa shape index (κ3) is 3.65. The molecule has 20 heavy (non-hydrogen) atoms. The number of nitrogens with one attached hydrogen (secondary N) is 1. The maximum atomic E-state index is 11.2. The molecule has 110 valence electrons. The second-order valence-corrected chi connectivity index (χ2v) is 5.67. The third-order valence-corrected chi connectivity index (χ3v) is 3.83. The number of anilines is 2. The first kappa shape index (κ1) is 14.7. The topological polar surface area (TPSA) is 58.4 Å². The summed E-state index contributed by atoms with van der Waals surface area (Å²) in [5.74, 6) is -0.273. The summed E-state index contributed by atoms with van der Waals surface area (Å²) in [6, 6.07) is 6.95. The molecule has 0 bridgehead atoms. The van der Waals surface area contributed by atoms with Crippen LogP contribution in [0.2, 0.25) is 0 Å². The van der Waals surface area contributed by atoms with Crippen molar-refractivity contribution in [2.75, 3.05) is 23.3 Å². The van der Waals surface area contributed by atoms with Gasteiger partial charge in [0.05, 0.1) is 6.54 Å². The van der Waals surface area contributed by atoms with Crippen LogP contribution in [0.4, 0.5) is 11.4 Å². The van der Waals surface area contributed by atoms with Gasteiger partial charge in [0.15, 0.2) is 0 Å². The minimum Gasteiger partial charge on any atom is -0.382 e. The number of aryl methyl sites for hydroxylation is 1. The van der Waals surface area contributed by atoms with Crippen molar-refractivity contribution in [3.63, 3.8) is 0 Å². The first-order chi connectivity index (χ1) is 9.60. The minimum absolute atomic E-state index is 0.273. The van der Waals surface area contributed by atoms with Crippen molar-refractivity contribution in [2.24, 2.45) is 5.73 Å². The van der Waals surface area contributed by atoms with Crippen LogP contribution in [0.15, 0.2) is 18.2 Å². The summed E-state index contributed by atoms with van der Waals surface area (Å²) in [6.45, 7) is 5.53. The summed E-state index contributed by atoms with van der Waals surface area (Å²) in [5, 5.41) is 3.50. The van der Waals surface area contributed by atoms with Gasteiger partial charge in [0.1, 0.15) is 0 Å². The van der Waals surface area contributed by atoms with E-state index in [0.717, 1.165) is 37.9 Å². The van der Waals surface area contributed by atoms with E-state index in [2.05, 4.69) is 42.3 Å². The second-order valence-electron chi connectivity index (χ2n) is 5.67. The van der Waals surface area contributed by atoms with Crippen molar-refractivity contribution in [1.29, 1.82) is 0 Å². The molecule has 0 saturated heterocycles. The highest BCUT2D eigenvalue weighted by Crippen LogP contribution is 2.29. The number of nitrogens with two attached hydrogens (primary N) is 1. The fourth-order valence-corrected chi connectivity index (χ4v) is 2.67. The molecule has 1 atom stereocenters. The van der Waals surface area contributed by atoms with Crippen LogP contribution in [0.1, 0.15) is 38.7 Å². The molecule has 1 aromatic carbocycles. The number of amides is 1. The molecule has 0 aromatic heterocycles. The van der Waals surface area contributed by atoms with Crippen LogP contribution in [-0.2, 0) is 11.2 Å². The molecular formula is C16H25N3O. The number of nitrogens with zero attached hydrogens (tertiary/aromatic N) is 1. The highest BCUT2D eigenvalue weighted by Gasteiger charge is 2.16. The van der Waals surface area contributed by atoms with E-state index in [4.69, 9.17) is 5.73 Å². The van der Waals surface area contributed by atoms with E-state index in [1.165, 1.54) is 11.3 Å². The quantitative estimate of drug-likeness (QED) is 0.838. The Kier molecular flexibility index (Phi) is 4.88. The number of carbonyl (C=O) groups excluding carboxylic acids is 1. The maximum absolute atomic E-state index is 11.2. The lowest BCUT2D eigenvalue weighted by molar-refractivity contribution is -0.116. The molecule has 0 saturated carbocycles. The Bertz CT molecular complexity index is 473. The van der Waals surface area contributed by atoms with Gasteiger partial charge in [-0.25, -0.2) is 0 Å². The number of primary amides is 1. The highest BCUT2D eigenvalue weighted by molar-refractivity contribution is 5.80. The Labute approximate surface area is 121 Å². The smallest absolute Gasteiger partial charge is 0.236 e. The predicted octanol–water partition coefficient (Wildman–Crippen LogP) is 2.53. The van der Waals surface area contributed by atoms with Crippen LogP contribution in [0.3, 0.4) is 0 Å². The normalized spacial score (nSPS) is 17.2. The Balaban J connectivity index is 2.18. The summed E-state index contributed by atoms with van der Waals surface area (Å²) < 4.78 is 0. The molecule has 1 aliphatic rings. The van der Waals surface area contributed by atoms with Crippen LogP contribution < -0.4 is 16.0 Å². The molecule has 3 N–H and O–H groups in total. The van der Waals surface area contributed by atoms with Crippen molar-refractivity contribution >= 4 is 17.3 Å². The van der Waals surface area contributed by atoms with Gasteiger partial charge in [-0.3, -0.25) is 4.79 Å². The van der Waals surface area contributed by atoms with Crippen LogP contribution in [0.25, 0.3) is 0 Å². The maximum Gasteiger partial charge on any atom is 0.236 e. The van der Waals surface area contributed by atoms with Gasteiger partial charge in [0.2, 0.25) is 5.91 Å². The lowest BCUT2D eigenvalue weighted by Crippen LogP contribution is -2.34. The van der Waals surface area contributed by atoms with Crippen molar-refractivity contribution in [3.8, 4) is 0 Å². The standard InChI is InChI=1S/C16H25N3O/c1-3-4-9-19(11-16(17)20)14-7-8-15-13(10-14)6-5-12(2)18-15/h7-8,10,12,18H,3-6,9,11H2,1-2H3,(H2,17,20). The molecule has 4 nitrogen and oxygen atoms in total. The fraction of sp³-hybridized carbons (Fsp3) is 0.562. The monoisotopic (exact) mass is 275 g/mol. The molecule has 1 amide bonds. The van der Waals surface area contributed by atoms with Gasteiger partial charge in [0, 0.05) is 24.0 Å². The zero-order valence-corrected chi connectivity index (χ0v) is 12.5. The molecule has 4 heteroatoms. The summed E-state index contributed by atoms with van der Waals surface area (Å²) in [4.78, 5) is 13.3. The molecule has 1 aliphatic heterocycles. The first-order valence-corrected chi connectivity index (χ1v) is 7.53. The lowest BCUT2D eigenvalue weighted by Gasteiger charge is -2.28. The summed E-state index contributed by atoms with van der Waals surface area (Å²) in [7, 11) is 0. The summed E-state index contributed by atoms with van der Waals surface area (Å²) in [5.41, 5.74) is 9.03. The zero-order chi connectivity index (χ0) is 14.5. The largest absolute Gasteiger partial charge is 0.382 e. The van der Waals surface area contributed by atoms with Crippen molar-refractivity contribution in [2.45, 2.75) is 45.6 Å². The van der Waals surface area contributed by atoms with Crippen LogP contribution in [-0.4, -0.2) is 25.0 Å². The van der Waals surface area contributed by atoms with E-state index in [0.29, 0.717) is 12.6 Å². The van der Waals surface area contributed by atoms with Gasteiger partial charge in [-0.1, -0.05) is 13.3 Å². The van der Waals surface area contributed by atoms with Crippen LogP contribution >= 0.6 is 0 Å². The molecule has 1 heterocycles. The van der Waals surface area contributed by atoms with Gasteiger partial charge < -0.3 is 16.0 Å². The van der Waals surface area contributed by atoms with Crippen LogP contribution in [0, 0.1) is 0 Å². The third-order valence-electron chi connectivity index (χ3n) is 3.83. The second kappa shape index (κ2) is 6.64. The minimum atomic E-state index is -0.273. The zero-order valence-electron chi connectivity index (χ0n) is 12.5. The molecule has 0 spiro atoms. The molecule has 1 unspecified atom stereocenters. The Morgan fingerprint density at radius 3 is 3.00 bits per heavy atom. The van der Waals surface area contributed by atoms with E-state index in [9.17, 15) is 4.79 Å². The van der Waals surface area contributed by atoms with Gasteiger partial charge in [-0.15, -0.1) is 0 Å². The molecule has 0 radical (unpaired) electrons. The highest BCUT2D eigenvalue weighted by atomic mass is 16.1. The first-order valence-electron chi connectivity index (χ1n) is 7.53. The number of fused-ring (bicyclic) bond motifs is 1. The van der Waals surface area contributed by atoms with E-state index in [1.807, 2.05) is 0 Å². The summed E-state index contributed by atoms with van der Waals surface area (Å²) in [6.07, 6.45) is 4.43. The number of hydrogen-bond acceptors (Lipinski definition) is 3. The number of carbonyl (C=O) groups is 1. The Morgan fingerprint density at radius 2 is 2.30 bits per heavy atom. The number of rotatable bonds is 6. The fourth-order valence-electron chi connectivity index (χ4n) is 2.67. The Morgan fingerprint density at radius 1 is 1.50 bits per heavy atom. The molecule has 2 rings (SSSR count). The number of unbranched alkanes of at least 4 members (excludes halogenated alkanes) is 1. The molecule has 0 fully saturated rings. The average molecular weight is 275 g/mol. The number of hydrogen-bond donors (Lipinski definition) is 2. The van der Waals surface area contributed by atoms with Crippen molar-refractivity contribution in [3.05, 3.63) is 23.8 Å². The van der Waals surface area contributed by atoms with E-state index >= 15 is 0 Å². The van der Waals surface area contributed by atoms with Gasteiger partial charge in [0.25, 0.3) is 0 Å². The van der Waals surface area contributed by atoms with Crippen molar-refractivity contribution in [1.82, 2.24) is 0 Å². The van der Waals surface area contributed by atoms with Gasteiger partial charge in [-0.05, 0) is 49.9 Å². The molecular weight excluding hydrogens is 250 g/mol. The van der Waals surface area contributed by atoms with E-state index in [-0.39, 0.29) is 5.91 Å². The summed E-state index contributed by atoms with van der Waals surface area (Å²) >= 11 is 0. The Hall–Kier alpha value is -1.71. The SMILES string of the molecule is CCCCN(CC(N)=O)c1ccc2c(c1)CCC(C)N2. The van der Waals surface area contributed by atoms with Crippen molar-refractivity contribution < 1.29 is 4.79 Å². The van der Waals surface area contributed by atoms with Gasteiger partial charge in [-0.2, -0.15) is 0 Å². The van der Waals surface area contributed by atoms with E-state index < -0.39 is 0 Å². The lowest BCUT2D eigenvalue weighted by atomic mass is 9.98. The van der Waals surface area contributed by atoms with Gasteiger partial charge >= 0.3 is 0 Å². The van der Waals surface area contributed by atoms with E-state index in [1.54, 1.807) is 0 Å². The number of benzene rings is 1. The molecule has 1 aromatic rings. The molecule has 0 aliphatic carbocycles. The van der Waals surface area contributed by atoms with Crippen LogP contribution in [0.5, 0.6) is 0 Å². The average Bonchev–Trinajstić information content (AvgIpc) is 2.42. The predicted molar refractivity (Wildman–Crippen MR) is 84.2 cm³/mol.